The maximum absolute atomic E-state index is 14.5. The fourth-order valence-electron chi connectivity index (χ4n) is 6.47. The third-order valence-corrected chi connectivity index (χ3v) is 8.51. The van der Waals surface area contributed by atoms with Gasteiger partial charge in [-0.15, -0.1) is 0 Å². The van der Waals surface area contributed by atoms with Gasteiger partial charge < -0.3 is 15.4 Å². The van der Waals surface area contributed by atoms with Gasteiger partial charge in [0.05, 0.1) is 22.9 Å². The van der Waals surface area contributed by atoms with Crippen LogP contribution in [0.5, 0.6) is 11.5 Å². The van der Waals surface area contributed by atoms with Crippen LogP contribution in [0.2, 0.25) is 0 Å². The second-order valence-corrected chi connectivity index (χ2v) is 11.3. The number of nitrogens with zero attached hydrogens (tertiary/aromatic N) is 4. The zero-order chi connectivity index (χ0) is 30.6. The van der Waals surface area contributed by atoms with E-state index in [4.69, 9.17) is 14.8 Å². The summed E-state index contributed by atoms with van der Waals surface area (Å²) >= 11 is 0. The summed E-state index contributed by atoms with van der Waals surface area (Å²) in [6.07, 6.45) is 1.72. The lowest BCUT2D eigenvalue weighted by molar-refractivity contribution is 0.0673. The molecule has 1 spiro atoms. The summed E-state index contributed by atoms with van der Waals surface area (Å²) < 4.78 is 6.70. The molecule has 1 aromatic heterocycles. The number of hydrogen-bond donors (Lipinski definition) is 2. The minimum Gasteiger partial charge on any atom is -0.456 e. The van der Waals surface area contributed by atoms with Crippen molar-refractivity contribution >= 4 is 34.0 Å². The predicted octanol–water partition coefficient (Wildman–Crippen LogP) is 7.39. The molecule has 0 saturated heterocycles. The molecule has 7 rings (SSSR count). The maximum Gasteiger partial charge on any atom is 0.275 e. The van der Waals surface area contributed by atoms with Crippen LogP contribution in [0.3, 0.4) is 0 Å². The number of aromatic nitrogens is 2. The van der Waals surface area contributed by atoms with E-state index in [1.54, 1.807) is 11.2 Å². The molecule has 4 aromatic carbocycles. The lowest BCUT2D eigenvalue weighted by Crippen LogP contribution is -2.45. The van der Waals surface area contributed by atoms with Gasteiger partial charge in [-0.25, -0.2) is 9.99 Å². The Morgan fingerprint density at radius 1 is 0.841 bits per heavy atom. The van der Waals surface area contributed by atoms with Gasteiger partial charge in [0.1, 0.15) is 22.7 Å². The maximum atomic E-state index is 14.5. The molecular weight excluding hydrogens is 548 g/mol. The van der Waals surface area contributed by atoms with E-state index in [0.29, 0.717) is 28.5 Å². The van der Waals surface area contributed by atoms with Gasteiger partial charge >= 0.3 is 0 Å². The van der Waals surface area contributed by atoms with Crippen LogP contribution >= 0.6 is 0 Å². The van der Waals surface area contributed by atoms with Crippen LogP contribution in [0.4, 0.5) is 11.4 Å². The number of anilines is 2. The van der Waals surface area contributed by atoms with Crippen molar-refractivity contribution < 1.29 is 9.53 Å². The number of para-hydroxylation sites is 2. The van der Waals surface area contributed by atoms with Crippen molar-refractivity contribution in [3.05, 3.63) is 118 Å². The van der Waals surface area contributed by atoms with Crippen LogP contribution in [0, 0.1) is 13.8 Å². The van der Waals surface area contributed by atoms with E-state index in [-0.39, 0.29) is 5.91 Å². The number of carbonyl (C=O) groups is 1. The average Bonchev–Trinajstić information content (AvgIpc) is 3.27. The normalized spacial score (nSPS) is 14.7. The van der Waals surface area contributed by atoms with Crippen LogP contribution in [0.25, 0.3) is 11.0 Å². The van der Waals surface area contributed by atoms with Crippen LogP contribution in [0.1, 0.15) is 64.6 Å². The summed E-state index contributed by atoms with van der Waals surface area (Å²) in [5.41, 5.74) is 8.95. The lowest BCUT2D eigenvalue weighted by atomic mass is 9.74. The first-order chi connectivity index (χ1) is 21.4. The Bertz CT molecular complexity index is 1940. The number of amides is 1. The third kappa shape index (κ3) is 4.05. The second-order valence-electron chi connectivity index (χ2n) is 11.3. The van der Waals surface area contributed by atoms with Crippen LogP contribution in [-0.4, -0.2) is 39.7 Å². The van der Waals surface area contributed by atoms with Crippen molar-refractivity contribution in [3.63, 3.8) is 0 Å². The number of nitrogens with one attached hydrogen (secondary N) is 2. The molecule has 2 N–H and O–H groups in total. The van der Waals surface area contributed by atoms with E-state index in [1.165, 1.54) is 0 Å². The molecule has 44 heavy (non-hydrogen) atoms. The first-order valence-electron chi connectivity index (χ1n) is 15.0. The number of fused-ring (bicyclic) bond motifs is 7. The molecule has 0 bridgehead atoms. The number of aryl methyl sites for hydroxylation is 2. The molecule has 0 radical (unpaired) electrons. The molecule has 0 saturated carbocycles. The monoisotopic (exact) mass is 582 g/mol. The van der Waals surface area contributed by atoms with Gasteiger partial charge in [0.25, 0.3) is 5.91 Å². The number of benzene rings is 4. The Balaban J connectivity index is 1.53. The van der Waals surface area contributed by atoms with E-state index >= 15 is 0 Å². The highest BCUT2D eigenvalue weighted by atomic mass is 16.5. The van der Waals surface area contributed by atoms with E-state index in [1.807, 2.05) is 67.6 Å². The Morgan fingerprint density at radius 3 is 2.07 bits per heavy atom. The van der Waals surface area contributed by atoms with Crippen molar-refractivity contribution in [1.82, 2.24) is 15.0 Å². The molecule has 8 nitrogen and oxygen atoms in total. The molecule has 0 atom stereocenters. The van der Waals surface area contributed by atoms with E-state index < -0.39 is 5.54 Å². The van der Waals surface area contributed by atoms with Gasteiger partial charge in [-0.3, -0.25) is 9.78 Å². The summed E-state index contributed by atoms with van der Waals surface area (Å²) in [5, 5.41) is 13.7. The molecule has 0 aliphatic carbocycles. The van der Waals surface area contributed by atoms with Crippen molar-refractivity contribution in [2.45, 2.75) is 40.2 Å². The molecule has 0 fully saturated rings. The highest BCUT2D eigenvalue weighted by molar-refractivity contribution is 6.05. The molecule has 8 heteroatoms. The van der Waals surface area contributed by atoms with E-state index in [0.717, 1.165) is 63.3 Å². The van der Waals surface area contributed by atoms with Crippen LogP contribution < -0.4 is 15.4 Å². The molecule has 2 aliphatic rings. The summed E-state index contributed by atoms with van der Waals surface area (Å²) in [4.78, 5) is 23.9. The molecule has 3 heterocycles. The zero-order valence-electron chi connectivity index (χ0n) is 25.5. The first-order valence-corrected chi connectivity index (χ1v) is 15.0. The number of rotatable bonds is 6. The predicted molar refractivity (Wildman–Crippen MR) is 175 cm³/mol. The molecular formula is C36H34N6O2. The highest BCUT2D eigenvalue weighted by Gasteiger charge is 2.57. The minimum atomic E-state index is -1.08. The summed E-state index contributed by atoms with van der Waals surface area (Å²) in [7, 11) is 0. The van der Waals surface area contributed by atoms with Crippen LogP contribution in [0.15, 0.2) is 84.1 Å². The van der Waals surface area contributed by atoms with Gasteiger partial charge in [0.2, 0.25) is 0 Å². The number of hydrogen-bond acceptors (Lipinski definition) is 7. The molecule has 2 aliphatic heterocycles. The first kappa shape index (κ1) is 27.6. The van der Waals surface area contributed by atoms with Crippen molar-refractivity contribution in [2.24, 2.45) is 5.10 Å². The Morgan fingerprint density at radius 2 is 1.43 bits per heavy atom. The molecule has 5 aromatic rings. The Labute approximate surface area is 256 Å². The fourth-order valence-corrected chi connectivity index (χ4v) is 6.47. The quantitative estimate of drug-likeness (QED) is 0.203. The number of carbonyl (C=O) groups excluding carboxylic acids is 1. The van der Waals surface area contributed by atoms with Gasteiger partial charge in [-0.1, -0.05) is 30.3 Å². The minimum absolute atomic E-state index is 0.186. The van der Waals surface area contributed by atoms with E-state index in [2.05, 4.69) is 55.4 Å². The smallest absolute Gasteiger partial charge is 0.275 e. The van der Waals surface area contributed by atoms with Gasteiger partial charge in [0.15, 0.2) is 0 Å². The fraction of sp³-hybridized carbons (Fsp3) is 0.222. The Hall–Kier alpha value is -5.24. The third-order valence-electron chi connectivity index (χ3n) is 8.51. The molecule has 220 valence electrons. The summed E-state index contributed by atoms with van der Waals surface area (Å²) in [5.74, 6) is 1.17. The summed E-state index contributed by atoms with van der Waals surface area (Å²) in [6.45, 7) is 11.7. The molecule has 1 amide bonds. The lowest BCUT2D eigenvalue weighted by Gasteiger charge is -2.42. The van der Waals surface area contributed by atoms with Gasteiger partial charge in [-0.2, -0.15) is 5.10 Å². The summed E-state index contributed by atoms with van der Waals surface area (Å²) in [6, 6.07) is 23.9. The van der Waals surface area contributed by atoms with Crippen LogP contribution in [-0.2, 0) is 5.54 Å². The Kier molecular flexibility index (Phi) is 6.57. The SMILES string of the molecule is CCNc1cc2c(cc1C)C1(c3cc(C)c(NCC)cc3O2)c2ccccc2C(=O)N1/N=C(\C)c1cnc2ccccc2n1. The van der Waals surface area contributed by atoms with Gasteiger partial charge in [-0.05, 0) is 76.1 Å². The zero-order valence-corrected chi connectivity index (χ0v) is 25.5. The van der Waals surface area contributed by atoms with E-state index in [9.17, 15) is 4.79 Å². The average molecular weight is 583 g/mol. The van der Waals surface area contributed by atoms with Crippen molar-refractivity contribution in [2.75, 3.05) is 23.7 Å². The van der Waals surface area contributed by atoms with Gasteiger partial charge in [0, 0.05) is 58.9 Å². The standard InChI is InChI=1S/C36H34N6O2/c1-6-37-30-18-33-26(16-21(30)3)36(27-17-22(4)31(38-7-2)19-34(27)44-33)25-13-9-8-12-24(25)35(43)42(36)41-23(5)32-20-39-28-14-10-11-15-29(28)40-32/h8-20,37-38H,6-7H2,1-5H3/b41-23+. The largest absolute Gasteiger partial charge is 0.456 e. The highest BCUT2D eigenvalue weighted by Crippen LogP contribution is 2.59. The van der Waals surface area contributed by atoms with Crippen molar-refractivity contribution in [3.8, 4) is 11.5 Å². The van der Waals surface area contributed by atoms with Crippen molar-refractivity contribution in [1.29, 1.82) is 0 Å². The number of ether oxygens (including phenoxy) is 1. The second kappa shape index (κ2) is 10.5. The molecule has 0 unspecified atom stereocenters. The topological polar surface area (TPSA) is 91.7 Å². The number of hydrazone groups is 1.